The van der Waals surface area contributed by atoms with Crippen molar-refractivity contribution >= 4 is 11.6 Å². The molecule has 0 aromatic heterocycles. The van der Waals surface area contributed by atoms with E-state index in [0.29, 0.717) is 0 Å². The van der Waals surface area contributed by atoms with Crippen LogP contribution in [0.2, 0.25) is 0 Å². The van der Waals surface area contributed by atoms with Crippen molar-refractivity contribution in [2.75, 3.05) is 12.4 Å². The number of rotatable bonds is 4. The minimum Gasteiger partial charge on any atom is -0.496 e. The molecular weight excluding hydrogens is 254 g/mol. The van der Waals surface area contributed by atoms with Gasteiger partial charge in [-0.05, 0) is 43.5 Å². The summed E-state index contributed by atoms with van der Waals surface area (Å²) in [5.74, 6) is 0.674. The number of nitrogens with one attached hydrogen (secondary N) is 1. The molecule has 0 saturated heterocycles. The number of benzene rings is 1. The number of anilines is 1. The van der Waals surface area contributed by atoms with E-state index in [1.807, 2.05) is 25.1 Å². The molecule has 1 aromatic rings. The summed E-state index contributed by atoms with van der Waals surface area (Å²) in [5.41, 5.74) is 0.901. The Morgan fingerprint density at radius 3 is 2.65 bits per heavy atom. The predicted molar refractivity (Wildman–Crippen MR) is 79.0 cm³/mol. The van der Waals surface area contributed by atoms with Gasteiger partial charge in [0.1, 0.15) is 5.75 Å². The summed E-state index contributed by atoms with van der Waals surface area (Å²) in [5, 5.41) is 13.2. The number of carbonyl (C=O) groups is 1. The minimum absolute atomic E-state index is 0.126. The van der Waals surface area contributed by atoms with Gasteiger partial charge in [0, 0.05) is 5.69 Å². The van der Waals surface area contributed by atoms with Crippen LogP contribution in [-0.2, 0) is 4.79 Å². The lowest BCUT2D eigenvalue weighted by Crippen LogP contribution is -2.35. The molecule has 20 heavy (non-hydrogen) atoms. The first-order valence-corrected chi connectivity index (χ1v) is 7.19. The highest BCUT2D eigenvalue weighted by Crippen LogP contribution is 2.31. The standard InChI is InChI=1S/C16H23NO3/c1-12-10-13(6-7-14(12)20-2)17-15(18)11-16(19)8-4-3-5-9-16/h6-7,10,19H,3-5,8-9,11H2,1-2H3,(H,17,18). The SMILES string of the molecule is COc1ccc(NC(=O)CC2(O)CCCCC2)cc1C. The molecule has 0 radical (unpaired) electrons. The molecule has 0 unspecified atom stereocenters. The maximum atomic E-state index is 12.0. The van der Waals surface area contributed by atoms with Crippen molar-refractivity contribution in [3.8, 4) is 5.75 Å². The van der Waals surface area contributed by atoms with Crippen molar-refractivity contribution in [1.29, 1.82) is 0 Å². The predicted octanol–water partition coefficient (Wildman–Crippen LogP) is 3.03. The maximum absolute atomic E-state index is 12.0. The summed E-state index contributed by atoms with van der Waals surface area (Å²) in [6.45, 7) is 1.93. The zero-order chi connectivity index (χ0) is 14.6. The van der Waals surface area contributed by atoms with Gasteiger partial charge < -0.3 is 15.2 Å². The van der Waals surface area contributed by atoms with Crippen LogP contribution in [0.3, 0.4) is 0 Å². The Labute approximate surface area is 120 Å². The highest BCUT2D eigenvalue weighted by molar-refractivity contribution is 5.91. The van der Waals surface area contributed by atoms with Crippen LogP contribution in [0.5, 0.6) is 5.75 Å². The third kappa shape index (κ3) is 3.73. The first kappa shape index (κ1) is 14.9. The van der Waals surface area contributed by atoms with Crippen LogP contribution in [0.1, 0.15) is 44.1 Å². The molecule has 0 spiro atoms. The Hall–Kier alpha value is -1.55. The summed E-state index contributed by atoms with van der Waals surface area (Å²) >= 11 is 0. The number of methoxy groups -OCH3 is 1. The van der Waals surface area contributed by atoms with Gasteiger partial charge in [-0.25, -0.2) is 0 Å². The zero-order valence-electron chi connectivity index (χ0n) is 12.2. The van der Waals surface area contributed by atoms with Gasteiger partial charge in [-0.1, -0.05) is 19.3 Å². The quantitative estimate of drug-likeness (QED) is 0.889. The van der Waals surface area contributed by atoms with E-state index in [0.717, 1.165) is 49.1 Å². The van der Waals surface area contributed by atoms with Crippen LogP contribution < -0.4 is 10.1 Å². The lowest BCUT2D eigenvalue weighted by atomic mass is 9.82. The van der Waals surface area contributed by atoms with Crippen molar-refractivity contribution < 1.29 is 14.6 Å². The monoisotopic (exact) mass is 277 g/mol. The van der Waals surface area contributed by atoms with E-state index in [4.69, 9.17) is 4.74 Å². The van der Waals surface area contributed by atoms with Crippen molar-refractivity contribution in [1.82, 2.24) is 0 Å². The number of ether oxygens (including phenoxy) is 1. The molecule has 110 valence electrons. The molecule has 0 aliphatic heterocycles. The summed E-state index contributed by atoms with van der Waals surface area (Å²) in [6, 6.07) is 5.52. The number of amides is 1. The van der Waals surface area contributed by atoms with Crippen molar-refractivity contribution in [2.45, 2.75) is 51.0 Å². The second-order valence-electron chi connectivity index (χ2n) is 5.69. The molecule has 0 atom stereocenters. The summed E-state index contributed by atoms with van der Waals surface area (Å²) in [7, 11) is 1.62. The Morgan fingerprint density at radius 1 is 1.35 bits per heavy atom. The van der Waals surface area contributed by atoms with Crippen LogP contribution >= 0.6 is 0 Å². The van der Waals surface area contributed by atoms with Gasteiger partial charge in [0.2, 0.25) is 5.91 Å². The van der Waals surface area contributed by atoms with Gasteiger partial charge in [-0.3, -0.25) is 4.79 Å². The van der Waals surface area contributed by atoms with Gasteiger partial charge in [0.05, 0.1) is 19.1 Å². The zero-order valence-corrected chi connectivity index (χ0v) is 12.2. The third-order valence-electron chi connectivity index (χ3n) is 3.95. The van der Waals surface area contributed by atoms with E-state index >= 15 is 0 Å². The normalized spacial score (nSPS) is 17.6. The van der Waals surface area contributed by atoms with E-state index in [9.17, 15) is 9.90 Å². The van der Waals surface area contributed by atoms with Crippen LogP contribution in [0.15, 0.2) is 18.2 Å². The second-order valence-corrected chi connectivity index (χ2v) is 5.69. The molecule has 1 aromatic carbocycles. The van der Waals surface area contributed by atoms with Crippen molar-refractivity contribution in [2.24, 2.45) is 0 Å². The van der Waals surface area contributed by atoms with Gasteiger partial charge in [-0.15, -0.1) is 0 Å². The maximum Gasteiger partial charge on any atom is 0.227 e. The van der Waals surface area contributed by atoms with Crippen molar-refractivity contribution in [3.05, 3.63) is 23.8 Å². The molecule has 1 fully saturated rings. The van der Waals surface area contributed by atoms with E-state index in [2.05, 4.69) is 5.32 Å². The third-order valence-corrected chi connectivity index (χ3v) is 3.95. The fourth-order valence-electron chi connectivity index (χ4n) is 2.85. The lowest BCUT2D eigenvalue weighted by Gasteiger charge is -2.31. The topological polar surface area (TPSA) is 58.6 Å². The molecule has 4 heteroatoms. The summed E-state index contributed by atoms with van der Waals surface area (Å²) in [6.07, 6.45) is 4.79. The molecule has 0 heterocycles. The summed E-state index contributed by atoms with van der Waals surface area (Å²) in [4.78, 5) is 12.0. The van der Waals surface area contributed by atoms with E-state index < -0.39 is 5.60 Å². The van der Waals surface area contributed by atoms with Crippen LogP contribution in [0.25, 0.3) is 0 Å². The largest absolute Gasteiger partial charge is 0.496 e. The average Bonchev–Trinajstić information content (AvgIpc) is 2.39. The molecule has 4 nitrogen and oxygen atoms in total. The van der Waals surface area contributed by atoms with Crippen LogP contribution in [0.4, 0.5) is 5.69 Å². The van der Waals surface area contributed by atoms with E-state index in [1.54, 1.807) is 7.11 Å². The molecule has 2 N–H and O–H groups in total. The Morgan fingerprint density at radius 2 is 2.05 bits per heavy atom. The fourth-order valence-corrected chi connectivity index (χ4v) is 2.85. The number of carbonyl (C=O) groups excluding carboxylic acids is 1. The van der Waals surface area contributed by atoms with Gasteiger partial charge >= 0.3 is 0 Å². The minimum atomic E-state index is -0.816. The number of hydrogen-bond acceptors (Lipinski definition) is 3. The molecular formula is C16H23NO3. The number of aliphatic hydroxyl groups is 1. The first-order valence-electron chi connectivity index (χ1n) is 7.19. The second kappa shape index (κ2) is 6.27. The molecule has 1 aliphatic carbocycles. The van der Waals surface area contributed by atoms with Gasteiger partial charge in [0.15, 0.2) is 0 Å². The highest BCUT2D eigenvalue weighted by Gasteiger charge is 2.31. The lowest BCUT2D eigenvalue weighted by molar-refractivity contribution is -0.122. The molecule has 1 saturated carbocycles. The summed E-state index contributed by atoms with van der Waals surface area (Å²) < 4.78 is 5.19. The van der Waals surface area contributed by atoms with E-state index in [1.165, 1.54) is 0 Å². The fraction of sp³-hybridized carbons (Fsp3) is 0.562. The van der Waals surface area contributed by atoms with Crippen LogP contribution in [0, 0.1) is 6.92 Å². The van der Waals surface area contributed by atoms with Crippen molar-refractivity contribution in [3.63, 3.8) is 0 Å². The van der Waals surface area contributed by atoms with E-state index in [-0.39, 0.29) is 12.3 Å². The Bertz CT molecular complexity index is 479. The molecule has 1 aliphatic rings. The number of hydrogen-bond donors (Lipinski definition) is 2. The van der Waals surface area contributed by atoms with Gasteiger partial charge in [-0.2, -0.15) is 0 Å². The molecule has 2 rings (SSSR count). The molecule has 0 bridgehead atoms. The smallest absolute Gasteiger partial charge is 0.227 e. The Balaban J connectivity index is 1.95. The molecule has 1 amide bonds. The first-order chi connectivity index (χ1) is 9.52. The average molecular weight is 277 g/mol. The highest BCUT2D eigenvalue weighted by atomic mass is 16.5. The van der Waals surface area contributed by atoms with Crippen LogP contribution in [-0.4, -0.2) is 23.7 Å². The number of aryl methyl sites for hydroxylation is 1. The van der Waals surface area contributed by atoms with Gasteiger partial charge in [0.25, 0.3) is 0 Å². The Kier molecular flexibility index (Phi) is 4.65.